The standard InChI is InChI=1S/C11H23N/c1-4-6-7-10(12-5-2)11(3)8-9-11/h10,12H,4-9H2,1-3H3. The first-order chi connectivity index (χ1) is 5.73. The summed E-state index contributed by atoms with van der Waals surface area (Å²) in [4.78, 5) is 0. The van der Waals surface area contributed by atoms with Gasteiger partial charge in [0, 0.05) is 6.04 Å². The number of nitrogens with one attached hydrogen (secondary N) is 1. The van der Waals surface area contributed by atoms with Crippen molar-refractivity contribution in [2.75, 3.05) is 6.54 Å². The summed E-state index contributed by atoms with van der Waals surface area (Å²) in [5.74, 6) is 0. The van der Waals surface area contributed by atoms with Gasteiger partial charge in [-0.25, -0.2) is 0 Å². The van der Waals surface area contributed by atoms with E-state index in [9.17, 15) is 0 Å². The van der Waals surface area contributed by atoms with Gasteiger partial charge in [0.2, 0.25) is 0 Å². The minimum absolute atomic E-state index is 0.658. The number of unbranched alkanes of at least 4 members (excludes halogenated alkanes) is 1. The molecule has 0 radical (unpaired) electrons. The van der Waals surface area contributed by atoms with Crippen molar-refractivity contribution in [3.8, 4) is 0 Å². The number of rotatable bonds is 6. The molecule has 1 unspecified atom stereocenters. The molecule has 0 aliphatic heterocycles. The van der Waals surface area contributed by atoms with Crippen molar-refractivity contribution in [3.05, 3.63) is 0 Å². The van der Waals surface area contributed by atoms with Gasteiger partial charge >= 0.3 is 0 Å². The minimum Gasteiger partial charge on any atom is -0.314 e. The number of hydrogen-bond donors (Lipinski definition) is 1. The fourth-order valence-electron chi connectivity index (χ4n) is 1.90. The molecule has 1 aliphatic rings. The summed E-state index contributed by atoms with van der Waals surface area (Å²) in [5.41, 5.74) is 0.658. The van der Waals surface area contributed by atoms with Crippen LogP contribution in [0.25, 0.3) is 0 Å². The third-order valence-electron chi connectivity index (χ3n) is 3.18. The highest BCUT2D eigenvalue weighted by molar-refractivity contribution is 4.98. The molecule has 1 rings (SSSR count). The highest BCUT2D eigenvalue weighted by Gasteiger charge is 2.43. The maximum atomic E-state index is 3.62. The molecule has 0 amide bonds. The fraction of sp³-hybridized carbons (Fsp3) is 1.00. The van der Waals surface area contributed by atoms with E-state index in [1.54, 1.807) is 0 Å². The summed E-state index contributed by atoms with van der Waals surface area (Å²) >= 11 is 0. The lowest BCUT2D eigenvalue weighted by Gasteiger charge is -2.24. The Balaban J connectivity index is 2.28. The summed E-state index contributed by atoms with van der Waals surface area (Å²) in [7, 11) is 0. The molecule has 1 nitrogen and oxygen atoms in total. The lowest BCUT2D eigenvalue weighted by molar-refractivity contribution is 0.335. The van der Waals surface area contributed by atoms with E-state index in [4.69, 9.17) is 0 Å². The van der Waals surface area contributed by atoms with Gasteiger partial charge in [-0.3, -0.25) is 0 Å². The summed E-state index contributed by atoms with van der Waals surface area (Å²) < 4.78 is 0. The second-order valence-electron chi connectivity index (χ2n) is 4.41. The first-order valence-corrected chi connectivity index (χ1v) is 5.46. The van der Waals surface area contributed by atoms with E-state index >= 15 is 0 Å². The molecule has 1 fully saturated rings. The van der Waals surface area contributed by atoms with Crippen LogP contribution in [0.2, 0.25) is 0 Å². The molecule has 0 spiro atoms. The highest BCUT2D eigenvalue weighted by atomic mass is 14.9. The first kappa shape index (κ1) is 10.0. The van der Waals surface area contributed by atoms with Crippen molar-refractivity contribution in [1.29, 1.82) is 0 Å². The van der Waals surface area contributed by atoms with Crippen LogP contribution in [0.5, 0.6) is 0 Å². The van der Waals surface area contributed by atoms with Crippen LogP contribution in [0.1, 0.15) is 52.9 Å². The van der Waals surface area contributed by atoms with E-state index in [0.717, 1.165) is 12.6 Å². The SMILES string of the molecule is CCCCC(NCC)C1(C)CC1. The molecule has 0 aromatic rings. The molecular weight excluding hydrogens is 146 g/mol. The van der Waals surface area contributed by atoms with Crippen LogP contribution in [-0.2, 0) is 0 Å². The number of hydrogen-bond acceptors (Lipinski definition) is 1. The molecule has 1 saturated carbocycles. The van der Waals surface area contributed by atoms with Gasteiger partial charge < -0.3 is 5.32 Å². The summed E-state index contributed by atoms with van der Waals surface area (Å²) in [6, 6.07) is 0.794. The molecule has 1 N–H and O–H groups in total. The topological polar surface area (TPSA) is 12.0 Å². The normalized spacial score (nSPS) is 22.2. The summed E-state index contributed by atoms with van der Waals surface area (Å²) in [6.07, 6.45) is 6.97. The third kappa shape index (κ3) is 2.48. The Morgan fingerprint density at radius 3 is 2.42 bits per heavy atom. The van der Waals surface area contributed by atoms with Gasteiger partial charge in [-0.15, -0.1) is 0 Å². The Hall–Kier alpha value is -0.0400. The molecule has 1 aliphatic carbocycles. The largest absolute Gasteiger partial charge is 0.314 e. The minimum atomic E-state index is 0.658. The van der Waals surface area contributed by atoms with Crippen molar-refractivity contribution in [1.82, 2.24) is 5.32 Å². The predicted octanol–water partition coefficient (Wildman–Crippen LogP) is 2.95. The monoisotopic (exact) mass is 169 g/mol. The molecule has 1 heteroatoms. The Morgan fingerprint density at radius 2 is 2.00 bits per heavy atom. The Labute approximate surface area is 76.9 Å². The van der Waals surface area contributed by atoms with E-state index in [-0.39, 0.29) is 0 Å². The lowest BCUT2D eigenvalue weighted by atomic mass is 9.94. The second kappa shape index (κ2) is 4.27. The van der Waals surface area contributed by atoms with Gasteiger partial charge in [-0.05, 0) is 31.2 Å². The summed E-state index contributed by atoms with van der Waals surface area (Å²) in [6.45, 7) is 8.04. The van der Waals surface area contributed by atoms with Crippen molar-refractivity contribution < 1.29 is 0 Å². The highest BCUT2D eigenvalue weighted by Crippen LogP contribution is 2.49. The average molecular weight is 169 g/mol. The molecule has 0 heterocycles. The zero-order chi connectivity index (χ0) is 9.03. The Kier molecular flexibility index (Phi) is 3.57. The van der Waals surface area contributed by atoms with Crippen LogP contribution in [0.3, 0.4) is 0 Å². The van der Waals surface area contributed by atoms with E-state index in [1.165, 1.54) is 32.1 Å². The van der Waals surface area contributed by atoms with Gasteiger partial charge in [0.1, 0.15) is 0 Å². The quantitative estimate of drug-likeness (QED) is 0.644. The molecule has 1 atom stereocenters. The van der Waals surface area contributed by atoms with Crippen molar-refractivity contribution in [2.45, 2.75) is 58.9 Å². The molecule has 0 aromatic heterocycles. The molecular formula is C11H23N. The maximum absolute atomic E-state index is 3.62. The van der Waals surface area contributed by atoms with Crippen LogP contribution in [0.4, 0.5) is 0 Å². The predicted molar refractivity (Wildman–Crippen MR) is 54.3 cm³/mol. The van der Waals surface area contributed by atoms with Crippen LogP contribution in [0, 0.1) is 5.41 Å². The Morgan fingerprint density at radius 1 is 1.33 bits per heavy atom. The molecule has 0 bridgehead atoms. The van der Waals surface area contributed by atoms with Crippen molar-refractivity contribution >= 4 is 0 Å². The van der Waals surface area contributed by atoms with Gasteiger partial charge in [-0.2, -0.15) is 0 Å². The van der Waals surface area contributed by atoms with Crippen LogP contribution >= 0.6 is 0 Å². The molecule has 12 heavy (non-hydrogen) atoms. The zero-order valence-corrected chi connectivity index (χ0v) is 8.82. The molecule has 0 aromatic carbocycles. The average Bonchev–Trinajstić information content (AvgIpc) is 2.78. The molecule has 72 valence electrons. The fourth-order valence-corrected chi connectivity index (χ4v) is 1.90. The first-order valence-electron chi connectivity index (χ1n) is 5.46. The smallest absolute Gasteiger partial charge is 0.0121 e. The maximum Gasteiger partial charge on any atom is 0.0121 e. The van der Waals surface area contributed by atoms with Gasteiger partial charge in [0.25, 0.3) is 0 Å². The second-order valence-corrected chi connectivity index (χ2v) is 4.41. The van der Waals surface area contributed by atoms with E-state index in [0.29, 0.717) is 5.41 Å². The Bertz CT molecular complexity index is 127. The van der Waals surface area contributed by atoms with Crippen LogP contribution in [0.15, 0.2) is 0 Å². The van der Waals surface area contributed by atoms with Crippen LogP contribution < -0.4 is 5.32 Å². The van der Waals surface area contributed by atoms with E-state index < -0.39 is 0 Å². The van der Waals surface area contributed by atoms with Gasteiger partial charge in [0.05, 0.1) is 0 Å². The van der Waals surface area contributed by atoms with E-state index in [2.05, 4.69) is 26.1 Å². The summed E-state index contributed by atoms with van der Waals surface area (Å²) in [5, 5.41) is 3.62. The molecule has 0 saturated heterocycles. The lowest BCUT2D eigenvalue weighted by Crippen LogP contribution is -2.35. The van der Waals surface area contributed by atoms with Crippen LogP contribution in [-0.4, -0.2) is 12.6 Å². The zero-order valence-electron chi connectivity index (χ0n) is 8.82. The van der Waals surface area contributed by atoms with Crippen molar-refractivity contribution in [2.24, 2.45) is 5.41 Å². The van der Waals surface area contributed by atoms with Crippen molar-refractivity contribution in [3.63, 3.8) is 0 Å². The van der Waals surface area contributed by atoms with Gasteiger partial charge in [0.15, 0.2) is 0 Å². The van der Waals surface area contributed by atoms with E-state index in [1.807, 2.05) is 0 Å². The van der Waals surface area contributed by atoms with Gasteiger partial charge in [-0.1, -0.05) is 33.6 Å². The third-order valence-corrected chi connectivity index (χ3v) is 3.18.